The Bertz CT molecular complexity index is 1030. The standard InChI is InChI=1S/C20H16N4O5/c25-19(21-12-13-22-20(26)23-27)17-10-8-15(9-11-17)4-1-2-5-16-6-3-7-18(14-16)24(28)29/h3,6-11,14,27H,12-13H2,(H,21,25)(H2,22,23,26). The van der Waals surface area contributed by atoms with E-state index in [9.17, 15) is 19.7 Å². The van der Waals surface area contributed by atoms with E-state index in [0.717, 1.165) is 0 Å². The molecule has 0 atom stereocenters. The summed E-state index contributed by atoms with van der Waals surface area (Å²) in [6.07, 6.45) is 0. The number of hydroxylamine groups is 1. The van der Waals surface area contributed by atoms with Crippen LogP contribution >= 0.6 is 0 Å². The average molecular weight is 392 g/mol. The Balaban J connectivity index is 1.90. The van der Waals surface area contributed by atoms with Gasteiger partial charge in [-0.3, -0.25) is 20.1 Å². The van der Waals surface area contributed by atoms with Crippen LogP contribution in [0.2, 0.25) is 0 Å². The summed E-state index contributed by atoms with van der Waals surface area (Å²) in [5, 5.41) is 24.0. The van der Waals surface area contributed by atoms with Crippen LogP contribution in [0, 0.1) is 33.8 Å². The van der Waals surface area contributed by atoms with Crippen LogP contribution in [0.5, 0.6) is 0 Å². The van der Waals surface area contributed by atoms with Gasteiger partial charge in [0.25, 0.3) is 11.6 Å². The summed E-state index contributed by atoms with van der Waals surface area (Å²) in [7, 11) is 0. The Morgan fingerprint density at radius 1 is 0.966 bits per heavy atom. The van der Waals surface area contributed by atoms with Gasteiger partial charge >= 0.3 is 6.03 Å². The minimum atomic E-state index is -0.754. The van der Waals surface area contributed by atoms with Crippen molar-refractivity contribution in [2.75, 3.05) is 13.1 Å². The zero-order chi connectivity index (χ0) is 21.1. The number of non-ortho nitro benzene ring substituents is 1. The number of benzene rings is 2. The second-order valence-corrected chi connectivity index (χ2v) is 5.51. The molecule has 0 aliphatic carbocycles. The van der Waals surface area contributed by atoms with Crippen molar-refractivity contribution < 1.29 is 19.7 Å². The SMILES string of the molecule is O=C(NO)NCCNC(=O)c1ccc(C#CC#Cc2cccc([N+](=O)[O-])c2)cc1. The van der Waals surface area contributed by atoms with Crippen LogP contribution in [-0.4, -0.2) is 35.2 Å². The van der Waals surface area contributed by atoms with Crippen LogP contribution in [0.3, 0.4) is 0 Å². The van der Waals surface area contributed by atoms with Gasteiger partial charge in [-0.05, 0) is 42.2 Å². The van der Waals surface area contributed by atoms with Crippen LogP contribution in [0.1, 0.15) is 21.5 Å². The van der Waals surface area contributed by atoms with E-state index in [1.165, 1.54) is 17.6 Å². The van der Waals surface area contributed by atoms with Crippen molar-refractivity contribution in [3.05, 3.63) is 75.3 Å². The first-order valence-corrected chi connectivity index (χ1v) is 8.32. The Labute approximate surface area is 166 Å². The van der Waals surface area contributed by atoms with Crippen molar-refractivity contribution in [1.29, 1.82) is 0 Å². The van der Waals surface area contributed by atoms with Gasteiger partial charge in [0.15, 0.2) is 0 Å². The van der Waals surface area contributed by atoms with Gasteiger partial charge in [-0.1, -0.05) is 17.9 Å². The number of nitro groups is 1. The third kappa shape index (κ3) is 7.06. The molecular formula is C20H16N4O5. The molecule has 29 heavy (non-hydrogen) atoms. The van der Waals surface area contributed by atoms with Gasteiger partial charge in [0.05, 0.1) is 4.92 Å². The predicted molar refractivity (Wildman–Crippen MR) is 104 cm³/mol. The normalized spacial score (nSPS) is 9.14. The molecule has 0 radical (unpaired) electrons. The summed E-state index contributed by atoms with van der Waals surface area (Å²) < 4.78 is 0. The number of amides is 3. The molecule has 0 saturated heterocycles. The van der Waals surface area contributed by atoms with Gasteiger partial charge in [-0.2, -0.15) is 0 Å². The number of nitrogens with zero attached hydrogens (tertiary/aromatic N) is 1. The lowest BCUT2D eigenvalue weighted by Gasteiger charge is -2.06. The summed E-state index contributed by atoms with van der Waals surface area (Å²) >= 11 is 0. The highest BCUT2D eigenvalue weighted by molar-refractivity contribution is 5.94. The summed E-state index contributed by atoms with van der Waals surface area (Å²) in [4.78, 5) is 33.0. The van der Waals surface area contributed by atoms with Crippen molar-refractivity contribution in [2.45, 2.75) is 0 Å². The molecule has 9 nitrogen and oxygen atoms in total. The van der Waals surface area contributed by atoms with Crippen molar-refractivity contribution in [2.24, 2.45) is 0 Å². The van der Waals surface area contributed by atoms with E-state index >= 15 is 0 Å². The fourth-order valence-corrected chi connectivity index (χ4v) is 2.10. The van der Waals surface area contributed by atoms with Crippen LogP contribution < -0.4 is 16.1 Å². The lowest BCUT2D eigenvalue weighted by Crippen LogP contribution is -2.39. The molecule has 0 aromatic heterocycles. The summed E-state index contributed by atoms with van der Waals surface area (Å²) in [5.41, 5.74) is 2.94. The third-order valence-electron chi connectivity index (χ3n) is 3.48. The first kappa shape index (κ1) is 21.0. The molecule has 4 N–H and O–H groups in total. The molecule has 0 unspecified atom stereocenters. The summed E-state index contributed by atoms with van der Waals surface area (Å²) in [6.45, 7) is 0.353. The first-order chi connectivity index (χ1) is 14.0. The highest BCUT2D eigenvalue weighted by Crippen LogP contribution is 2.11. The summed E-state index contributed by atoms with van der Waals surface area (Å²) in [5.74, 6) is 10.5. The number of carbonyl (C=O) groups is 2. The Kier molecular flexibility index (Phi) is 7.75. The van der Waals surface area contributed by atoms with E-state index in [1.54, 1.807) is 36.4 Å². The van der Waals surface area contributed by atoms with Gasteiger partial charge < -0.3 is 10.6 Å². The maximum atomic E-state index is 12.0. The highest BCUT2D eigenvalue weighted by atomic mass is 16.6. The zero-order valence-electron chi connectivity index (χ0n) is 15.1. The second kappa shape index (κ2) is 10.7. The quantitative estimate of drug-likeness (QED) is 0.201. The first-order valence-electron chi connectivity index (χ1n) is 8.32. The van der Waals surface area contributed by atoms with Crippen molar-refractivity contribution >= 4 is 17.6 Å². The lowest BCUT2D eigenvalue weighted by atomic mass is 10.1. The van der Waals surface area contributed by atoms with Crippen LogP contribution in [-0.2, 0) is 0 Å². The maximum absolute atomic E-state index is 12.0. The Morgan fingerprint density at radius 3 is 2.28 bits per heavy atom. The van der Waals surface area contributed by atoms with Crippen molar-refractivity contribution in [3.8, 4) is 23.7 Å². The molecule has 2 aromatic carbocycles. The molecular weight excluding hydrogens is 376 g/mol. The highest BCUT2D eigenvalue weighted by Gasteiger charge is 2.05. The monoisotopic (exact) mass is 392 g/mol. The molecule has 9 heteroatoms. The predicted octanol–water partition coefficient (Wildman–Crippen LogP) is 1.42. The van der Waals surface area contributed by atoms with Gasteiger partial charge in [0.2, 0.25) is 0 Å². The van der Waals surface area contributed by atoms with E-state index < -0.39 is 11.0 Å². The van der Waals surface area contributed by atoms with Crippen molar-refractivity contribution in [3.63, 3.8) is 0 Å². The molecule has 0 spiro atoms. The molecule has 0 fully saturated rings. The number of nitro benzene ring substituents is 1. The number of hydrogen-bond acceptors (Lipinski definition) is 5. The largest absolute Gasteiger partial charge is 0.350 e. The van der Waals surface area contributed by atoms with Gasteiger partial charge in [-0.15, -0.1) is 0 Å². The maximum Gasteiger partial charge on any atom is 0.338 e. The molecule has 2 aromatic rings. The van der Waals surface area contributed by atoms with Gasteiger partial charge in [-0.25, -0.2) is 10.3 Å². The molecule has 146 valence electrons. The number of rotatable bonds is 5. The lowest BCUT2D eigenvalue weighted by molar-refractivity contribution is -0.384. The van der Waals surface area contributed by atoms with E-state index in [4.69, 9.17) is 5.21 Å². The van der Waals surface area contributed by atoms with Gasteiger partial charge in [0.1, 0.15) is 0 Å². The van der Waals surface area contributed by atoms with E-state index in [1.807, 2.05) is 0 Å². The number of hydrogen-bond donors (Lipinski definition) is 4. The fourth-order valence-electron chi connectivity index (χ4n) is 2.10. The minimum Gasteiger partial charge on any atom is -0.350 e. The average Bonchev–Trinajstić information content (AvgIpc) is 2.74. The fraction of sp³-hybridized carbons (Fsp3) is 0.100. The zero-order valence-corrected chi connectivity index (χ0v) is 15.1. The molecule has 3 amide bonds. The second-order valence-electron chi connectivity index (χ2n) is 5.51. The van der Waals surface area contributed by atoms with Crippen LogP contribution in [0.15, 0.2) is 48.5 Å². The number of carbonyl (C=O) groups excluding carboxylic acids is 2. The van der Waals surface area contributed by atoms with E-state index in [0.29, 0.717) is 16.7 Å². The van der Waals surface area contributed by atoms with Crippen LogP contribution in [0.4, 0.5) is 10.5 Å². The van der Waals surface area contributed by atoms with Gasteiger partial charge in [0, 0.05) is 41.9 Å². The topological polar surface area (TPSA) is 134 Å². The van der Waals surface area contributed by atoms with Crippen LogP contribution in [0.25, 0.3) is 0 Å². The minimum absolute atomic E-state index is 0.0360. The molecule has 0 aliphatic rings. The summed E-state index contributed by atoms with van der Waals surface area (Å²) in [6, 6.07) is 11.7. The third-order valence-corrected chi connectivity index (χ3v) is 3.48. The van der Waals surface area contributed by atoms with E-state index in [-0.39, 0.29) is 24.7 Å². The number of urea groups is 1. The number of nitrogens with one attached hydrogen (secondary N) is 3. The molecule has 0 saturated carbocycles. The van der Waals surface area contributed by atoms with E-state index in [2.05, 4.69) is 34.3 Å². The molecule has 0 heterocycles. The molecule has 0 bridgehead atoms. The Hall–Kier alpha value is -4.34. The molecule has 0 aliphatic heterocycles. The van der Waals surface area contributed by atoms with Crippen molar-refractivity contribution in [1.82, 2.24) is 16.1 Å². The molecule has 2 rings (SSSR count). The Morgan fingerprint density at radius 2 is 1.62 bits per heavy atom. The smallest absolute Gasteiger partial charge is 0.338 e.